The zero-order valence-electron chi connectivity index (χ0n) is 5.02. The molecule has 0 aliphatic heterocycles. The van der Waals surface area contributed by atoms with Crippen LogP contribution in [0.4, 0.5) is 0 Å². The van der Waals surface area contributed by atoms with Crippen molar-refractivity contribution >= 4 is 11.5 Å². The second-order valence-electron chi connectivity index (χ2n) is 1.73. The quantitative estimate of drug-likeness (QED) is 0.625. The summed E-state index contributed by atoms with van der Waals surface area (Å²) in [5, 5.41) is 0. The molecule has 2 rings (SSSR count). The average molecular weight is 152 g/mol. The molecule has 0 unspecified atom stereocenters. The van der Waals surface area contributed by atoms with Crippen LogP contribution < -0.4 is 0 Å². The number of hydrogen-bond acceptors (Lipinski definition) is 4. The van der Waals surface area contributed by atoms with Crippen molar-refractivity contribution in [1.82, 2.24) is 9.36 Å². The largest absolute Gasteiger partial charge is 0.461 e. The Morgan fingerprint density at radius 2 is 2.50 bits per heavy atom. The normalized spacial score (nSPS) is 10.0. The highest BCUT2D eigenvalue weighted by Crippen LogP contribution is 2.14. The summed E-state index contributed by atoms with van der Waals surface area (Å²) in [6.07, 6.45) is 1.61. The second kappa shape index (κ2) is 2.22. The van der Waals surface area contributed by atoms with Crippen molar-refractivity contribution in [1.29, 1.82) is 0 Å². The van der Waals surface area contributed by atoms with Gasteiger partial charge in [0.1, 0.15) is 5.51 Å². The van der Waals surface area contributed by atoms with Crippen LogP contribution in [0, 0.1) is 0 Å². The van der Waals surface area contributed by atoms with Crippen molar-refractivity contribution in [2.24, 2.45) is 0 Å². The summed E-state index contributed by atoms with van der Waals surface area (Å²) in [5.74, 6) is 1.39. The lowest BCUT2D eigenvalue weighted by molar-refractivity contribution is 0.578. The maximum atomic E-state index is 5.06. The second-order valence-corrected chi connectivity index (χ2v) is 2.34. The van der Waals surface area contributed by atoms with Crippen LogP contribution in [-0.2, 0) is 0 Å². The Morgan fingerprint density at radius 3 is 3.10 bits per heavy atom. The van der Waals surface area contributed by atoms with E-state index in [4.69, 9.17) is 4.42 Å². The third kappa shape index (κ3) is 0.823. The van der Waals surface area contributed by atoms with Crippen molar-refractivity contribution in [3.05, 3.63) is 23.9 Å². The molecule has 2 aromatic heterocycles. The molecule has 0 spiro atoms. The van der Waals surface area contributed by atoms with Crippen molar-refractivity contribution in [2.75, 3.05) is 0 Å². The number of furan rings is 1. The van der Waals surface area contributed by atoms with Crippen LogP contribution in [0.5, 0.6) is 0 Å². The van der Waals surface area contributed by atoms with Gasteiger partial charge in [-0.2, -0.15) is 4.37 Å². The highest BCUT2D eigenvalue weighted by Gasteiger charge is 2.01. The Balaban J connectivity index is 2.48. The summed E-state index contributed by atoms with van der Waals surface area (Å²) in [5.41, 5.74) is 1.68. The van der Waals surface area contributed by atoms with E-state index in [0.29, 0.717) is 5.82 Å². The Hall–Kier alpha value is -1.16. The topological polar surface area (TPSA) is 38.9 Å². The number of hydrogen-bond donors (Lipinski definition) is 0. The number of aromatic nitrogens is 2. The molecule has 3 nitrogen and oxygen atoms in total. The van der Waals surface area contributed by atoms with Gasteiger partial charge in [0.25, 0.3) is 0 Å². The zero-order valence-corrected chi connectivity index (χ0v) is 5.84. The van der Waals surface area contributed by atoms with Crippen molar-refractivity contribution in [3.63, 3.8) is 0 Å². The smallest absolute Gasteiger partial charge is 0.208 e. The monoisotopic (exact) mass is 152 g/mol. The first kappa shape index (κ1) is 5.61. The van der Waals surface area contributed by atoms with Crippen LogP contribution in [0.2, 0.25) is 0 Å². The van der Waals surface area contributed by atoms with E-state index in [2.05, 4.69) is 9.36 Å². The summed E-state index contributed by atoms with van der Waals surface area (Å²) in [6, 6.07) is 3.65. The molecule has 0 radical (unpaired) electrons. The van der Waals surface area contributed by atoms with Crippen LogP contribution in [0.25, 0.3) is 11.6 Å². The lowest BCUT2D eigenvalue weighted by atomic mass is 10.4. The fourth-order valence-corrected chi connectivity index (χ4v) is 1.12. The lowest BCUT2D eigenvalue weighted by Gasteiger charge is -1.82. The molecular formula is C6H4N2OS. The molecule has 0 saturated heterocycles. The predicted octanol–water partition coefficient (Wildman–Crippen LogP) is 1.80. The minimum atomic E-state index is 0.662. The summed E-state index contributed by atoms with van der Waals surface area (Å²) in [6.45, 7) is 0. The number of rotatable bonds is 1. The first-order valence-corrected chi connectivity index (χ1v) is 3.61. The van der Waals surface area contributed by atoms with E-state index in [-0.39, 0.29) is 0 Å². The molecule has 0 amide bonds. The Bertz CT molecular complexity index is 255. The Morgan fingerprint density at radius 1 is 1.50 bits per heavy atom. The molecule has 0 aromatic carbocycles. The van der Waals surface area contributed by atoms with Gasteiger partial charge >= 0.3 is 0 Å². The summed E-state index contributed by atoms with van der Waals surface area (Å²) in [4.78, 5) is 3.97. The minimum Gasteiger partial charge on any atom is -0.461 e. The molecule has 0 saturated carbocycles. The van der Waals surface area contributed by atoms with E-state index >= 15 is 0 Å². The lowest BCUT2D eigenvalue weighted by Crippen LogP contribution is -1.72. The fraction of sp³-hybridized carbons (Fsp3) is 0. The third-order valence-corrected chi connectivity index (χ3v) is 1.58. The molecule has 2 aromatic rings. The van der Waals surface area contributed by atoms with Crippen molar-refractivity contribution in [2.45, 2.75) is 0 Å². The Kier molecular flexibility index (Phi) is 1.25. The van der Waals surface area contributed by atoms with Crippen molar-refractivity contribution < 1.29 is 4.42 Å². The van der Waals surface area contributed by atoms with Gasteiger partial charge in [-0.25, -0.2) is 4.98 Å². The average Bonchev–Trinajstić information content (AvgIpc) is 2.59. The highest BCUT2D eigenvalue weighted by atomic mass is 32.1. The van der Waals surface area contributed by atoms with E-state index in [1.165, 1.54) is 11.5 Å². The van der Waals surface area contributed by atoms with E-state index in [9.17, 15) is 0 Å². The molecule has 0 bridgehead atoms. The van der Waals surface area contributed by atoms with Gasteiger partial charge in [0.15, 0.2) is 5.76 Å². The molecule has 0 N–H and O–H groups in total. The molecule has 0 fully saturated rings. The van der Waals surface area contributed by atoms with Crippen molar-refractivity contribution in [3.8, 4) is 11.6 Å². The van der Waals surface area contributed by atoms with E-state index in [1.807, 2.05) is 12.1 Å². The molecule has 50 valence electrons. The molecule has 0 aliphatic carbocycles. The predicted molar refractivity (Wildman–Crippen MR) is 37.6 cm³/mol. The van der Waals surface area contributed by atoms with E-state index < -0.39 is 0 Å². The van der Waals surface area contributed by atoms with Crippen LogP contribution in [0.1, 0.15) is 0 Å². The molecule has 2 heterocycles. The number of nitrogens with zero attached hydrogens (tertiary/aromatic N) is 2. The van der Waals surface area contributed by atoms with Gasteiger partial charge in [0.05, 0.1) is 6.26 Å². The van der Waals surface area contributed by atoms with Crippen LogP contribution in [-0.4, -0.2) is 9.36 Å². The highest BCUT2D eigenvalue weighted by molar-refractivity contribution is 7.03. The zero-order chi connectivity index (χ0) is 6.81. The first-order chi connectivity index (χ1) is 4.97. The van der Waals surface area contributed by atoms with Gasteiger partial charge < -0.3 is 4.42 Å². The van der Waals surface area contributed by atoms with Crippen LogP contribution in [0.3, 0.4) is 0 Å². The summed E-state index contributed by atoms with van der Waals surface area (Å²) in [7, 11) is 0. The standard InChI is InChI=1S/C6H4N2OS/c1-2-5(9-3-1)6-7-4-10-8-6/h1-4H. The minimum absolute atomic E-state index is 0.662. The van der Waals surface area contributed by atoms with Gasteiger partial charge in [-0.05, 0) is 23.7 Å². The molecule has 10 heavy (non-hydrogen) atoms. The molecule has 0 atom stereocenters. The van der Waals surface area contributed by atoms with Gasteiger partial charge in [-0.1, -0.05) is 0 Å². The maximum Gasteiger partial charge on any atom is 0.208 e. The molecular weight excluding hydrogens is 148 g/mol. The van der Waals surface area contributed by atoms with Gasteiger partial charge in [0.2, 0.25) is 5.82 Å². The van der Waals surface area contributed by atoms with Gasteiger partial charge in [0, 0.05) is 0 Å². The third-order valence-electron chi connectivity index (χ3n) is 1.10. The maximum absolute atomic E-state index is 5.06. The fourth-order valence-electron chi connectivity index (χ4n) is 0.685. The summed E-state index contributed by atoms with van der Waals surface area (Å²) >= 11 is 1.32. The molecule has 4 heteroatoms. The summed E-state index contributed by atoms with van der Waals surface area (Å²) < 4.78 is 9.06. The van der Waals surface area contributed by atoms with Gasteiger partial charge in [-0.15, -0.1) is 0 Å². The molecule has 0 aliphatic rings. The van der Waals surface area contributed by atoms with Crippen LogP contribution in [0.15, 0.2) is 28.3 Å². The van der Waals surface area contributed by atoms with Crippen LogP contribution >= 0.6 is 11.5 Å². The van der Waals surface area contributed by atoms with E-state index in [1.54, 1.807) is 11.8 Å². The van der Waals surface area contributed by atoms with Gasteiger partial charge in [-0.3, -0.25) is 0 Å². The van der Waals surface area contributed by atoms with E-state index in [0.717, 1.165) is 5.76 Å². The SMILES string of the molecule is c1coc(-c2ncsn2)c1. The first-order valence-electron chi connectivity index (χ1n) is 2.77. The Labute approximate surface area is 61.5 Å².